The Balaban J connectivity index is 2.33. The van der Waals surface area contributed by atoms with Gasteiger partial charge in [0.25, 0.3) is 0 Å². The Bertz CT molecular complexity index is 420. The number of hydrogen-bond acceptors (Lipinski definition) is 4. The Hall–Kier alpha value is -1.18. The van der Waals surface area contributed by atoms with E-state index in [1.54, 1.807) is 11.8 Å². The van der Waals surface area contributed by atoms with Gasteiger partial charge in [-0.15, -0.1) is 11.8 Å². The zero-order chi connectivity index (χ0) is 12.1. The Kier molecular flexibility index (Phi) is 4.29. The largest absolute Gasteiger partial charge is 0.380 e. The summed E-state index contributed by atoms with van der Waals surface area (Å²) in [6.07, 6.45) is 3.03. The molecule has 17 heavy (non-hydrogen) atoms. The zero-order valence-corrected chi connectivity index (χ0v) is 10.8. The van der Waals surface area contributed by atoms with Crippen LogP contribution in [0.2, 0.25) is 0 Å². The second kappa shape index (κ2) is 5.95. The van der Waals surface area contributed by atoms with E-state index < -0.39 is 0 Å². The van der Waals surface area contributed by atoms with Crippen molar-refractivity contribution < 1.29 is 4.74 Å². The predicted molar refractivity (Wildman–Crippen MR) is 70.6 cm³/mol. The first-order valence-electron chi connectivity index (χ1n) is 5.76. The lowest BCUT2D eigenvalue weighted by Crippen LogP contribution is -2.26. The van der Waals surface area contributed by atoms with Crippen molar-refractivity contribution in [3.63, 3.8) is 0 Å². The van der Waals surface area contributed by atoms with Gasteiger partial charge < -0.3 is 9.64 Å². The first kappa shape index (κ1) is 12.3. The summed E-state index contributed by atoms with van der Waals surface area (Å²) >= 11 is 1.62. The first-order valence-corrected chi connectivity index (χ1v) is 6.99. The molecule has 0 aromatic heterocycles. The van der Waals surface area contributed by atoms with E-state index in [-0.39, 0.29) is 0 Å². The minimum absolute atomic E-state index is 0.744. The van der Waals surface area contributed by atoms with Gasteiger partial charge in [-0.2, -0.15) is 5.26 Å². The molecule has 1 aromatic carbocycles. The third kappa shape index (κ3) is 2.74. The third-order valence-electron chi connectivity index (χ3n) is 2.90. The van der Waals surface area contributed by atoms with E-state index in [9.17, 15) is 5.26 Å². The fourth-order valence-electron chi connectivity index (χ4n) is 2.05. The molecule has 1 fully saturated rings. The van der Waals surface area contributed by atoms with E-state index in [1.165, 1.54) is 0 Å². The molecule has 0 radical (unpaired) electrons. The van der Waals surface area contributed by atoms with Gasteiger partial charge in [-0.25, -0.2) is 0 Å². The van der Waals surface area contributed by atoms with Crippen LogP contribution in [-0.4, -0.2) is 32.6 Å². The maximum atomic E-state index is 9.31. The summed E-state index contributed by atoms with van der Waals surface area (Å²) in [5.74, 6) is 0. The molecule has 1 saturated heterocycles. The molecule has 1 aliphatic heterocycles. The number of benzene rings is 1. The number of rotatable bonds is 2. The van der Waals surface area contributed by atoms with Crippen LogP contribution < -0.4 is 4.90 Å². The molecular weight excluding hydrogens is 232 g/mol. The first-order chi connectivity index (χ1) is 8.36. The summed E-state index contributed by atoms with van der Waals surface area (Å²) in [6.45, 7) is 3.40. The fourth-order valence-corrected chi connectivity index (χ4v) is 2.62. The SMILES string of the molecule is CSc1cccc(N2CCCOCC2)c1C#N. The Morgan fingerprint density at radius 1 is 1.35 bits per heavy atom. The van der Waals surface area contributed by atoms with Gasteiger partial charge in [-0.3, -0.25) is 0 Å². The smallest absolute Gasteiger partial charge is 0.103 e. The summed E-state index contributed by atoms with van der Waals surface area (Å²) in [6, 6.07) is 8.38. The number of nitrogens with zero attached hydrogens (tertiary/aromatic N) is 2. The van der Waals surface area contributed by atoms with Gasteiger partial charge in [0.2, 0.25) is 0 Å². The number of nitriles is 1. The molecule has 4 heteroatoms. The molecule has 1 heterocycles. The molecule has 0 unspecified atom stereocenters. The fraction of sp³-hybridized carbons (Fsp3) is 0.462. The van der Waals surface area contributed by atoms with E-state index in [4.69, 9.17) is 4.74 Å². The Labute approximate surface area is 106 Å². The molecule has 90 valence electrons. The molecule has 2 rings (SSSR count). The summed E-state index contributed by atoms with van der Waals surface area (Å²) in [4.78, 5) is 3.31. The summed E-state index contributed by atoms with van der Waals surface area (Å²) in [7, 11) is 0. The van der Waals surface area contributed by atoms with Crippen LogP contribution in [0.1, 0.15) is 12.0 Å². The van der Waals surface area contributed by atoms with Crippen molar-refractivity contribution in [2.45, 2.75) is 11.3 Å². The van der Waals surface area contributed by atoms with Crippen LogP contribution in [0, 0.1) is 11.3 Å². The van der Waals surface area contributed by atoms with E-state index >= 15 is 0 Å². The molecule has 3 nitrogen and oxygen atoms in total. The minimum Gasteiger partial charge on any atom is -0.380 e. The van der Waals surface area contributed by atoms with Crippen molar-refractivity contribution in [3.05, 3.63) is 23.8 Å². The van der Waals surface area contributed by atoms with Crippen LogP contribution in [0.3, 0.4) is 0 Å². The highest BCUT2D eigenvalue weighted by Crippen LogP contribution is 2.29. The number of thioether (sulfide) groups is 1. The molecule has 0 aliphatic carbocycles. The summed E-state index contributed by atoms with van der Waals surface area (Å²) in [5, 5.41) is 9.31. The molecule has 1 aliphatic rings. The maximum absolute atomic E-state index is 9.31. The van der Waals surface area contributed by atoms with Crippen molar-refractivity contribution in [1.82, 2.24) is 0 Å². The lowest BCUT2D eigenvalue weighted by atomic mass is 10.1. The van der Waals surface area contributed by atoms with Gasteiger partial charge >= 0.3 is 0 Å². The normalized spacial score (nSPS) is 16.4. The molecule has 0 N–H and O–H groups in total. The van der Waals surface area contributed by atoms with Gasteiger partial charge in [-0.05, 0) is 24.8 Å². The van der Waals surface area contributed by atoms with Crippen molar-refractivity contribution in [3.8, 4) is 6.07 Å². The van der Waals surface area contributed by atoms with Crippen LogP contribution in [0.5, 0.6) is 0 Å². The number of anilines is 1. The predicted octanol–water partition coefficient (Wildman–Crippen LogP) is 2.51. The van der Waals surface area contributed by atoms with Crippen LogP contribution in [0.25, 0.3) is 0 Å². The molecule has 0 bridgehead atoms. The molecule has 0 saturated carbocycles. The van der Waals surface area contributed by atoms with Crippen molar-refractivity contribution in [2.75, 3.05) is 37.5 Å². The average Bonchev–Trinajstić information content (AvgIpc) is 2.66. The molecule has 0 atom stereocenters. The molecule has 1 aromatic rings. The summed E-state index contributed by atoms with van der Waals surface area (Å²) in [5.41, 5.74) is 1.84. The van der Waals surface area contributed by atoms with Gasteiger partial charge in [0, 0.05) is 24.6 Å². The standard InChI is InChI=1S/C13H16N2OS/c1-17-13-5-2-4-12(11(13)10-14)15-6-3-8-16-9-7-15/h2,4-5H,3,6-9H2,1H3. The highest BCUT2D eigenvalue weighted by Gasteiger charge is 2.15. The van der Waals surface area contributed by atoms with Crippen LogP contribution in [-0.2, 0) is 4.74 Å². The van der Waals surface area contributed by atoms with E-state index in [1.807, 2.05) is 24.5 Å². The highest BCUT2D eigenvalue weighted by molar-refractivity contribution is 7.98. The highest BCUT2D eigenvalue weighted by atomic mass is 32.2. The lowest BCUT2D eigenvalue weighted by molar-refractivity contribution is 0.152. The van der Waals surface area contributed by atoms with Crippen molar-refractivity contribution >= 4 is 17.4 Å². The third-order valence-corrected chi connectivity index (χ3v) is 3.68. The zero-order valence-electron chi connectivity index (χ0n) is 9.98. The average molecular weight is 248 g/mol. The minimum atomic E-state index is 0.744. The van der Waals surface area contributed by atoms with Crippen LogP contribution in [0.4, 0.5) is 5.69 Å². The van der Waals surface area contributed by atoms with Crippen LogP contribution in [0.15, 0.2) is 23.1 Å². The summed E-state index contributed by atoms with van der Waals surface area (Å²) < 4.78 is 5.45. The molecular formula is C13H16N2OS. The Morgan fingerprint density at radius 2 is 2.24 bits per heavy atom. The van der Waals surface area contributed by atoms with E-state index in [0.717, 1.165) is 48.9 Å². The van der Waals surface area contributed by atoms with Gasteiger partial charge in [0.05, 0.1) is 17.9 Å². The maximum Gasteiger partial charge on any atom is 0.103 e. The molecule has 0 amide bonds. The van der Waals surface area contributed by atoms with Crippen molar-refractivity contribution in [1.29, 1.82) is 5.26 Å². The monoisotopic (exact) mass is 248 g/mol. The molecule has 0 spiro atoms. The van der Waals surface area contributed by atoms with Gasteiger partial charge in [0.15, 0.2) is 0 Å². The van der Waals surface area contributed by atoms with Gasteiger partial charge in [-0.1, -0.05) is 6.07 Å². The van der Waals surface area contributed by atoms with Crippen molar-refractivity contribution in [2.24, 2.45) is 0 Å². The van der Waals surface area contributed by atoms with E-state index in [0.29, 0.717) is 0 Å². The second-order valence-corrected chi connectivity index (χ2v) is 4.77. The number of ether oxygens (including phenoxy) is 1. The quantitative estimate of drug-likeness (QED) is 0.753. The van der Waals surface area contributed by atoms with E-state index in [2.05, 4.69) is 11.0 Å². The van der Waals surface area contributed by atoms with Crippen LogP contribution >= 0.6 is 11.8 Å². The lowest BCUT2D eigenvalue weighted by Gasteiger charge is -2.23. The second-order valence-electron chi connectivity index (χ2n) is 3.92. The van der Waals surface area contributed by atoms with Gasteiger partial charge in [0.1, 0.15) is 6.07 Å². The Morgan fingerprint density at radius 3 is 3.00 bits per heavy atom. The number of hydrogen-bond donors (Lipinski definition) is 0. The topological polar surface area (TPSA) is 36.3 Å².